The normalized spacial score (nSPS) is 10.5. The van der Waals surface area contributed by atoms with Gasteiger partial charge < -0.3 is 5.84 Å². The van der Waals surface area contributed by atoms with E-state index in [1.54, 1.807) is 6.92 Å². The van der Waals surface area contributed by atoms with E-state index in [1.807, 2.05) is 31.2 Å². The molecular weight excluding hydrogens is 192 g/mol. The molecule has 78 valence electrons. The van der Waals surface area contributed by atoms with Crippen molar-refractivity contribution in [3.05, 3.63) is 46.1 Å². The Hall–Kier alpha value is -2.04. The second-order valence-electron chi connectivity index (χ2n) is 3.45. The van der Waals surface area contributed by atoms with E-state index >= 15 is 0 Å². The molecule has 0 saturated carbocycles. The average Bonchev–Trinajstić information content (AvgIpc) is 2.47. The SMILES string of the molecule is Cc1ccc(-n2nc(C)n(N)c2=O)cc1. The van der Waals surface area contributed by atoms with Crippen LogP contribution in [0.25, 0.3) is 5.69 Å². The van der Waals surface area contributed by atoms with Crippen LogP contribution in [0.5, 0.6) is 0 Å². The van der Waals surface area contributed by atoms with Crippen LogP contribution in [0.2, 0.25) is 0 Å². The predicted molar refractivity (Wildman–Crippen MR) is 57.4 cm³/mol. The molecule has 1 aromatic carbocycles. The van der Waals surface area contributed by atoms with Gasteiger partial charge in [-0.15, -0.1) is 5.10 Å². The second kappa shape index (κ2) is 3.27. The number of benzene rings is 1. The zero-order chi connectivity index (χ0) is 11.0. The molecule has 2 aromatic rings. The maximum Gasteiger partial charge on any atom is 0.369 e. The van der Waals surface area contributed by atoms with E-state index < -0.39 is 0 Å². The fourth-order valence-corrected chi connectivity index (χ4v) is 1.33. The van der Waals surface area contributed by atoms with E-state index in [2.05, 4.69) is 5.10 Å². The minimum absolute atomic E-state index is 0.337. The minimum atomic E-state index is -0.337. The number of aryl methyl sites for hydroxylation is 2. The van der Waals surface area contributed by atoms with Crippen LogP contribution < -0.4 is 11.5 Å². The summed E-state index contributed by atoms with van der Waals surface area (Å²) in [5, 5.41) is 4.05. The predicted octanol–water partition coefficient (Wildman–Crippen LogP) is 0.365. The van der Waals surface area contributed by atoms with E-state index in [-0.39, 0.29) is 5.69 Å². The van der Waals surface area contributed by atoms with E-state index in [4.69, 9.17) is 5.84 Å². The zero-order valence-corrected chi connectivity index (χ0v) is 8.64. The molecule has 15 heavy (non-hydrogen) atoms. The lowest BCUT2D eigenvalue weighted by Crippen LogP contribution is -2.29. The van der Waals surface area contributed by atoms with E-state index in [9.17, 15) is 4.79 Å². The van der Waals surface area contributed by atoms with Gasteiger partial charge in [-0.2, -0.15) is 9.36 Å². The zero-order valence-electron chi connectivity index (χ0n) is 8.64. The number of hydrogen-bond donors (Lipinski definition) is 1. The first-order valence-electron chi connectivity index (χ1n) is 4.60. The van der Waals surface area contributed by atoms with Gasteiger partial charge in [0, 0.05) is 0 Å². The molecule has 5 nitrogen and oxygen atoms in total. The van der Waals surface area contributed by atoms with Crippen molar-refractivity contribution in [2.45, 2.75) is 13.8 Å². The summed E-state index contributed by atoms with van der Waals surface area (Å²) in [5.41, 5.74) is 1.52. The van der Waals surface area contributed by atoms with Crippen LogP contribution in [0.3, 0.4) is 0 Å². The highest BCUT2D eigenvalue weighted by atomic mass is 16.2. The summed E-state index contributed by atoms with van der Waals surface area (Å²) in [6.07, 6.45) is 0. The number of nitrogen functional groups attached to an aromatic ring is 1. The molecule has 0 aliphatic rings. The van der Waals surface area contributed by atoms with Gasteiger partial charge in [0.2, 0.25) is 0 Å². The molecule has 1 heterocycles. The van der Waals surface area contributed by atoms with Gasteiger partial charge in [-0.25, -0.2) is 4.79 Å². The molecule has 0 atom stereocenters. The highest BCUT2D eigenvalue weighted by molar-refractivity contribution is 5.32. The molecule has 2 N–H and O–H groups in total. The Morgan fingerprint density at radius 2 is 1.80 bits per heavy atom. The third kappa shape index (κ3) is 1.52. The molecule has 0 bridgehead atoms. The summed E-state index contributed by atoms with van der Waals surface area (Å²) in [6, 6.07) is 7.52. The first-order valence-corrected chi connectivity index (χ1v) is 4.60. The number of hydrogen-bond acceptors (Lipinski definition) is 3. The van der Waals surface area contributed by atoms with Gasteiger partial charge in [-0.1, -0.05) is 17.7 Å². The lowest BCUT2D eigenvalue weighted by molar-refractivity contribution is 0.820. The van der Waals surface area contributed by atoms with Crippen LogP contribution in [0.1, 0.15) is 11.4 Å². The van der Waals surface area contributed by atoms with Crippen molar-refractivity contribution < 1.29 is 0 Å². The summed E-state index contributed by atoms with van der Waals surface area (Å²) < 4.78 is 2.31. The maximum atomic E-state index is 11.6. The quantitative estimate of drug-likeness (QED) is 0.682. The topological polar surface area (TPSA) is 65.8 Å². The third-order valence-corrected chi connectivity index (χ3v) is 2.26. The Morgan fingerprint density at radius 1 is 1.20 bits per heavy atom. The van der Waals surface area contributed by atoms with Crippen molar-refractivity contribution in [1.29, 1.82) is 0 Å². The molecule has 0 unspecified atom stereocenters. The molecule has 0 radical (unpaired) electrons. The van der Waals surface area contributed by atoms with E-state index in [1.165, 1.54) is 4.68 Å². The average molecular weight is 204 g/mol. The van der Waals surface area contributed by atoms with Crippen molar-refractivity contribution in [2.75, 3.05) is 5.84 Å². The highest BCUT2D eigenvalue weighted by Crippen LogP contribution is 2.05. The lowest BCUT2D eigenvalue weighted by atomic mass is 10.2. The molecule has 5 heteroatoms. The van der Waals surface area contributed by atoms with Crippen molar-refractivity contribution in [1.82, 2.24) is 14.5 Å². The Labute approximate surface area is 86.7 Å². The lowest BCUT2D eigenvalue weighted by Gasteiger charge is -1.98. The summed E-state index contributed by atoms with van der Waals surface area (Å²) in [5.74, 6) is 5.98. The summed E-state index contributed by atoms with van der Waals surface area (Å²) in [4.78, 5) is 11.6. The van der Waals surface area contributed by atoms with Gasteiger partial charge >= 0.3 is 5.69 Å². The number of rotatable bonds is 1. The Kier molecular flexibility index (Phi) is 2.07. The molecule has 0 saturated heterocycles. The standard InChI is InChI=1S/C10H12N4O/c1-7-3-5-9(6-4-7)14-10(15)13(11)8(2)12-14/h3-6H,11H2,1-2H3. The van der Waals surface area contributed by atoms with Gasteiger partial charge in [0.1, 0.15) is 0 Å². The van der Waals surface area contributed by atoms with Crippen molar-refractivity contribution >= 4 is 0 Å². The van der Waals surface area contributed by atoms with Crippen molar-refractivity contribution in [3.8, 4) is 5.69 Å². The molecule has 0 aliphatic heterocycles. The Balaban J connectivity index is 2.59. The first kappa shape index (κ1) is 9.51. The van der Waals surface area contributed by atoms with Crippen LogP contribution in [-0.2, 0) is 0 Å². The smallest absolute Gasteiger partial charge is 0.333 e. The van der Waals surface area contributed by atoms with Crippen LogP contribution in [0.4, 0.5) is 0 Å². The largest absolute Gasteiger partial charge is 0.369 e. The Bertz CT molecular complexity index is 536. The molecule has 0 fully saturated rings. The van der Waals surface area contributed by atoms with Crippen LogP contribution in [0, 0.1) is 13.8 Å². The second-order valence-corrected chi connectivity index (χ2v) is 3.45. The van der Waals surface area contributed by atoms with Gasteiger partial charge in [-0.3, -0.25) is 0 Å². The third-order valence-electron chi connectivity index (χ3n) is 2.26. The fraction of sp³-hybridized carbons (Fsp3) is 0.200. The van der Waals surface area contributed by atoms with Gasteiger partial charge in [0.05, 0.1) is 5.69 Å². The number of nitrogens with zero attached hydrogens (tertiary/aromatic N) is 3. The molecule has 0 amide bonds. The van der Waals surface area contributed by atoms with Crippen molar-refractivity contribution in [3.63, 3.8) is 0 Å². The van der Waals surface area contributed by atoms with Crippen molar-refractivity contribution in [2.24, 2.45) is 0 Å². The fourth-order valence-electron chi connectivity index (χ4n) is 1.33. The van der Waals surface area contributed by atoms with Crippen LogP contribution in [0.15, 0.2) is 29.1 Å². The molecule has 0 spiro atoms. The monoisotopic (exact) mass is 204 g/mol. The molecular formula is C10H12N4O. The maximum absolute atomic E-state index is 11.6. The highest BCUT2D eigenvalue weighted by Gasteiger charge is 2.08. The summed E-state index contributed by atoms with van der Waals surface area (Å²) in [6.45, 7) is 3.67. The van der Waals surface area contributed by atoms with Gasteiger partial charge in [-0.05, 0) is 26.0 Å². The number of nitrogens with two attached hydrogens (primary N) is 1. The van der Waals surface area contributed by atoms with Crippen LogP contribution >= 0.6 is 0 Å². The van der Waals surface area contributed by atoms with E-state index in [0.717, 1.165) is 15.9 Å². The first-order chi connectivity index (χ1) is 7.09. The molecule has 0 aliphatic carbocycles. The molecule has 2 rings (SSSR count). The van der Waals surface area contributed by atoms with Gasteiger partial charge in [0.15, 0.2) is 5.82 Å². The molecule has 1 aromatic heterocycles. The summed E-state index contributed by atoms with van der Waals surface area (Å²) >= 11 is 0. The van der Waals surface area contributed by atoms with E-state index in [0.29, 0.717) is 5.82 Å². The number of aromatic nitrogens is 3. The van der Waals surface area contributed by atoms with Gasteiger partial charge in [0.25, 0.3) is 0 Å². The Morgan fingerprint density at radius 3 is 2.27 bits per heavy atom. The minimum Gasteiger partial charge on any atom is -0.333 e. The summed E-state index contributed by atoms with van der Waals surface area (Å²) in [7, 11) is 0. The van der Waals surface area contributed by atoms with Crippen LogP contribution in [-0.4, -0.2) is 14.5 Å².